The zero-order valence-electron chi connectivity index (χ0n) is 12.3. The summed E-state index contributed by atoms with van der Waals surface area (Å²) in [5, 5.41) is 11.9. The van der Waals surface area contributed by atoms with E-state index in [1.165, 1.54) is 12.1 Å². The van der Waals surface area contributed by atoms with E-state index in [9.17, 15) is 9.50 Å². The summed E-state index contributed by atoms with van der Waals surface area (Å²) in [6, 6.07) is 18.0. The molecule has 1 atom stereocenters. The van der Waals surface area contributed by atoms with E-state index in [1.807, 2.05) is 42.5 Å². The van der Waals surface area contributed by atoms with Crippen molar-refractivity contribution >= 4 is 10.8 Å². The SMILES string of the molecule is CC(O)c1ccc2ccccc2c1OCc1cccc(F)c1. The minimum Gasteiger partial charge on any atom is -0.488 e. The van der Waals surface area contributed by atoms with E-state index >= 15 is 0 Å². The van der Waals surface area contributed by atoms with E-state index in [0.717, 1.165) is 21.9 Å². The first-order valence-corrected chi connectivity index (χ1v) is 7.22. The van der Waals surface area contributed by atoms with Crippen molar-refractivity contribution in [2.24, 2.45) is 0 Å². The number of benzene rings is 3. The molecule has 3 aromatic rings. The minimum atomic E-state index is -0.632. The smallest absolute Gasteiger partial charge is 0.133 e. The number of aliphatic hydroxyl groups excluding tert-OH is 1. The summed E-state index contributed by atoms with van der Waals surface area (Å²) in [5.74, 6) is 0.368. The summed E-state index contributed by atoms with van der Waals surface area (Å²) in [6.45, 7) is 1.96. The van der Waals surface area contributed by atoms with Crippen molar-refractivity contribution in [2.45, 2.75) is 19.6 Å². The molecular formula is C19H17FO2. The molecule has 0 fully saturated rings. The molecule has 0 amide bonds. The average molecular weight is 296 g/mol. The highest BCUT2D eigenvalue weighted by molar-refractivity contribution is 5.89. The molecule has 3 rings (SSSR count). The van der Waals surface area contributed by atoms with Gasteiger partial charge in [-0.1, -0.05) is 48.5 Å². The van der Waals surface area contributed by atoms with Crippen molar-refractivity contribution in [3.63, 3.8) is 0 Å². The van der Waals surface area contributed by atoms with Crippen molar-refractivity contribution in [1.82, 2.24) is 0 Å². The van der Waals surface area contributed by atoms with E-state index < -0.39 is 6.10 Å². The van der Waals surface area contributed by atoms with Crippen LogP contribution in [0, 0.1) is 5.82 Å². The average Bonchev–Trinajstić information content (AvgIpc) is 2.52. The Kier molecular flexibility index (Phi) is 4.07. The number of aliphatic hydroxyl groups is 1. The van der Waals surface area contributed by atoms with Gasteiger partial charge >= 0.3 is 0 Å². The van der Waals surface area contributed by atoms with Gasteiger partial charge < -0.3 is 9.84 Å². The summed E-state index contributed by atoms with van der Waals surface area (Å²) in [4.78, 5) is 0. The minimum absolute atomic E-state index is 0.255. The Labute approximate surface area is 128 Å². The lowest BCUT2D eigenvalue weighted by atomic mass is 10.0. The molecule has 0 aromatic heterocycles. The van der Waals surface area contributed by atoms with Crippen LogP contribution >= 0.6 is 0 Å². The van der Waals surface area contributed by atoms with Crippen molar-refractivity contribution in [3.05, 3.63) is 77.6 Å². The summed E-state index contributed by atoms with van der Waals surface area (Å²) in [7, 11) is 0. The quantitative estimate of drug-likeness (QED) is 0.761. The molecule has 0 spiro atoms. The standard InChI is InChI=1S/C19H17FO2/c1-13(21)17-10-9-15-6-2-3-8-18(15)19(17)22-12-14-5-4-7-16(20)11-14/h2-11,13,21H,12H2,1H3. The highest BCUT2D eigenvalue weighted by Crippen LogP contribution is 2.34. The van der Waals surface area contributed by atoms with Crippen LogP contribution in [0.2, 0.25) is 0 Å². The van der Waals surface area contributed by atoms with Gasteiger partial charge in [0.25, 0.3) is 0 Å². The number of halogens is 1. The lowest BCUT2D eigenvalue weighted by Crippen LogP contribution is -2.02. The van der Waals surface area contributed by atoms with Crippen LogP contribution in [0.25, 0.3) is 10.8 Å². The van der Waals surface area contributed by atoms with Crippen molar-refractivity contribution in [3.8, 4) is 5.75 Å². The van der Waals surface area contributed by atoms with Gasteiger partial charge in [-0.15, -0.1) is 0 Å². The molecule has 3 aromatic carbocycles. The lowest BCUT2D eigenvalue weighted by Gasteiger charge is -2.16. The highest BCUT2D eigenvalue weighted by Gasteiger charge is 2.13. The van der Waals surface area contributed by atoms with Crippen molar-refractivity contribution in [1.29, 1.82) is 0 Å². The van der Waals surface area contributed by atoms with Gasteiger partial charge in [0, 0.05) is 10.9 Å². The van der Waals surface area contributed by atoms with Crippen LogP contribution in [0.4, 0.5) is 4.39 Å². The molecule has 0 aliphatic rings. The summed E-state index contributed by atoms with van der Waals surface area (Å²) in [5.41, 5.74) is 1.49. The Hall–Kier alpha value is -2.39. The Bertz CT molecular complexity index is 796. The lowest BCUT2D eigenvalue weighted by molar-refractivity contribution is 0.191. The Morgan fingerprint density at radius 2 is 1.86 bits per heavy atom. The van der Waals surface area contributed by atoms with Crippen LogP contribution in [-0.4, -0.2) is 5.11 Å². The van der Waals surface area contributed by atoms with E-state index in [0.29, 0.717) is 5.75 Å². The summed E-state index contributed by atoms with van der Waals surface area (Å²) < 4.78 is 19.2. The van der Waals surface area contributed by atoms with Crippen LogP contribution in [0.15, 0.2) is 60.7 Å². The van der Waals surface area contributed by atoms with E-state index in [2.05, 4.69) is 0 Å². The topological polar surface area (TPSA) is 29.5 Å². The van der Waals surface area contributed by atoms with Crippen LogP contribution in [0.3, 0.4) is 0 Å². The first-order chi connectivity index (χ1) is 10.6. The van der Waals surface area contributed by atoms with Gasteiger partial charge in [-0.3, -0.25) is 0 Å². The Morgan fingerprint density at radius 1 is 1.05 bits per heavy atom. The van der Waals surface area contributed by atoms with E-state index in [4.69, 9.17) is 4.74 Å². The third kappa shape index (κ3) is 2.95. The predicted octanol–water partition coefficient (Wildman–Crippen LogP) is 4.61. The second-order valence-corrected chi connectivity index (χ2v) is 5.30. The van der Waals surface area contributed by atoms with Crippen molar-refractivity contribution in [2.75, 3.05) is 0 Å². The molecule has 112 valence electrons. The molecule has 0 saturated carbocycles. The zero-order chi connectivity index (χ0) is 15.5. The van der Waals surface area contributed by atoms with Gasteiger partial charge in [0.1, 0.15) is 18.2 Å². The molecule has 3 heteroatoms. The highest BCUT2D eigenvalue weighted by atomic mass is 19.1. The third-order valence-electron chi connectivity index (χ3n) is 3.63. The first-order valence-electron chi connectivity index (χ1n) is 7.22. The molecule has 1 N–H and O–H groups in total. The summed E-state index contributed by atoms with van der Waals surface area (Å²) in [6.07, 6.45) is -0.632. The predicted molar refractivity (Wildman–Crippen MR) is 85.3 cm³/mol. The van der Waals surface area contributed by atoms with E-state index in [1.54, 1.807) is 13.0 Å². The normalized spacial score (nSPS) is 12.3. The number of rotatable bonds is 4. The van der Waals surface area contributed by atoms with Gasteiger partial charge in [-0.2, -0.15) is 0 Å². The first kappa shape index (κ1) is 14.5. The fourth-order valence-electron chi connectivity index (χ4n) is 2.53. The number of fused-ring (bicyclic) bond motifs is 1. The van der Waals surface area contributed by atoms with Gasteiger partial charge in [-0.25, -0.2) is 4.39 Å². The molecule has 0 radical (unpaired) electrons. The molecular weight excluding hydrogens is 279 g/mol. The second kappa shape index (κ2) is 6.16. The van der Waals surface area contributed by atoms with Crippen LogP contribution in [-0.2, 0) is 6.61 Å². The maximum absolute atomic E-state index is 13.3. The van der Waals surface area contributed by atoms with E-state index in [-0.39, 0.29) is 12.4 Å². The van der Waals surface area contributed by atoms with Gasteiger partial charge in [0.15, 0.2) is 0 Å². The Morgan fingerprint density at radius 3 is 2.64 bits per heavy atom. The van der Waals surface area contributed by atoms with Crippen LogP contribution < -0.4 is 4.74 Å². The van der Waals surface area contributed by atoms with Crippen molar-refractivity contribution < 1.29 is 14.2 Å². The second-order valence-electron chi connectivity index (χ2n) is 5.30. The fraction of sp³-hybridized carbons (Fsp3) is 0.158. The van der Waals surface area contributed by atoms with Gasteiger partial charge in [0.2, 0.25) is 0 Å². The number of ether oxygens (including phenoxy) is 1. The molecule has 0 aliphatic carbocycles. The fourth-order valence-corrected chi connectivity index (χ4v) is 2.53. The summed E-state index contributed by atoms with van der Waals surface area (Å²) >= 11 is 0. The largest absolute Gasteiger partial charge is 0.488 e. The van der Waals surface area contributed by atoms with Crippen LogP contribution in [0.5, 0.6) is 5.75 Å². The Balaban J connectivity index is 1.99. The van der Waals surface area contributed by atoms with Gasteiger partial charge in [0.05, 0.1) is 6.10 Å². The molecule has 0 aliphatic heterocycles. The maximum Gasteiger partial charge on any atom is 0.133 e. The third-order valence-corrected chi connectivity index (χ3v) is 3.63. The van der Waals surface area contributed by atoms with Gasteiger partial charge in [-0.05, 0) is 30.0 Å². The maximum atomic E-state index is 13.3. The number of hydrogen-bond donors (Lipinski definition) is 1. The number of hydrogen-bond acceptors (Lipinski definition) is 2. The molecule has 1 unspecified atom stereocenters. The van der Waals surface area contributed by atoms with Crippen LogP contribution in [0.1, 0.15) is 24.2 Å². The molecule has 22 heavy (non-hydrogen) atoms. The molecule has 0 saturated heterocycles. The molecule has 0 bridgehead atoms. The molecule has 0 heterocycles. The molecule has 2 nitrogen and oxygen atoms in total. The zero-order valence-corrected chi connectivity index (χ0v) is 12.3. The monoisotopic (exact) mass is 296 g/mol.